The smallest absolute Gasteiger partial charge is 0.262 e. The molecule has 1 N–H and O–H groups in total. The summed E-state index contributed by atoms with van der Waals surface area (Å²) in [5.74, 6) is -1.77. The van der Waals surface area contributed by atoms with Gasteiger partial charge in [-0.05, 0) is 42.3 Å². The van der Waals surface area contributed by atoms with E-state index in [1.54, 1.807) is 22.7 Å². The Morgan fingerprint density at radius 2 is 1.84 bits per heavy atom. The first kappa shape index (κ1) is 19.2. The highest BCUT2D eigenvalue weighted by Crippen LogP contribution is 2.34. The zero-order chi connectivity index (χ0) is 21.7. The van der Waals surface area contributed by atoms with Crippen LogP contribution >= 0.6 is 0 Å². The van der Waals surface area contributed by atoms with Crippen molar-refractivity contribution < 1.29 is 18.4 Å². The first-order valence-corrected chi connectivity index (χ1v) is 9.91. The van der Waals surface area contributed by atoms with E-state index in [1.165, 1.54) is 6.07 Å². The molecule has 2 aromatic carbocycles. The van der Waals surface area contributed by atoms with Gasteiger partial charge in [0, 0.05) is 37.5 Å². The van der Waals surface area contributed by atoms with Gasteiger partial charge in [-0.25, -0.2) is 13.5 Å². The average Bonchev–Trinajstić information content (AvgIpc) is 3.30. The highest BCUT2D eigenvalue weighted by atomic mass is 19.1. The van der Waals surface area contributed by atoms with Gasteiger partial charge in [0.2, 0.25) is 0 Å². The predicted octanol–water partition coefficient (Wildman–Crippen LogP) is 3.19. The normalized spacial score (nSPS) is 15.1. The number of hydrogen-bond acceptors (Lipinski definition) is 4. The van der Waals surface area contributed by atoms with Crippen molar-refractivity contribution >= 4 is 29.1 Å². The van der Waals surface area contributed by atoms with Crippen molar-refractivity contribution in [1.29, 1.82) is 0 Å². The van der Waals surface area contributed by atoms with Crippen molar-refractivity contribution in [3.8, 4) is 0 Å². The number of rotatable bonds is 3. The van der Waals surface area contributed by atoms with Gasteiger partial charge in [-0.3, -0.25) is 9.59 Å². The van der Waals surface area contributed by atoms with Crippen molar-refractivity contribution in [1.82, 2.24) is 14.7 Å². The Kier molecular flexibility index (Phi) is 4.46. The molecule has 31 heavy (non-hydrogen) atoms. The fraction of sp³-hybridized carbons (Fsp3) is 0.227. The van der Waals surface area contributed by atoms with Crippen LogP contribution in [0.3, 0.4) is 0 Å². The largest absolute Gasteiger partial charge is 0.341 e. The predicted molar refractivity (Wildman–Crippen MR) is 111 cm³/mol. The molecular formula is C22H19F2N5O2. The number of anilines is 3. The summed E-state index contributed by atoms with van der Waals surface area (Å²) in [6, 6.07) is 10.7. The number of likely N-dealkylation sites (N-methyl/N-ethyl adjacent to an activating group) is 1. The Hall–Kier alpha value is -3.75. The van der Waals surface area contributed by atoms with Crippen LogP contribution in [0.25, 0.3) is 0 Å². The fourth-order valence-electron chi connectivity index (χ4n) is 4.07. The summed E-state index contributed by atoms with van der Waals surface area (Å²) in [6.07, 6.45) is 0.786. The molecule has 0 atom stereocenters. The third-order valence-electron chi connectivity index (χ3n) is 5.70. The molecule has 0 unspecified atom stereocenters. The maximum absolute atomic E-state index is 13.9. The Morgan fingerprint density at radius 3 is 2.61 bits per heavy atom. The summed E-state index contributed by atoms with van der Waals surface area (Å²) in [7, 11) is 1.79. The van der Waals surface area contributed by atoms with Crippen molar-refractivity contribution in [2.24, 2.45) is 0 Å². The van der Waals surface area contributed by atoms with Gasteiger partial charge in [0.25, 0.3) is 11.8 Å². The minimum atomic E-state index is -0.930. The number of benzene rings is 2. The lowest BCUT2D eigenvalue weighted by atomic mass is 9.98. The Balaban J connectivity index is 1.40. The molecule has 0 aliphatic carbocycles. The summed E-state index contributed by atoms with van der Waals surface area (Å²) in [5, 5.41) is 6.81. The van der Waals surface area contributed by atoms with Crippen molar-refractivity contribution in [2.45, 2.75) is 13.0 Å². The molecule has 0 bridgehead atoms. The molecule has 7 nitrogen and oxygen atoms in total. The van der Waals surface area contributed by atoms with Crippen molar-refractivity contribution in [2.75, 3.05) is 30.4 Å². The number of carbonyl (C=O) groups excluding carboxylic acids is 2. The number of aromatic nitrogens is 2. The third-order valence-corrected chi connectivity index (χ3v) is 5.70. The zero-order valence-corrected chi connectivity index (χ0v) is 16.7. The number of fused-ring (bicyclic) bond motifs is 2. The van der Waals surface area contributed by atoms with E-state index in [-0.39, 0.29) is 11.7 Å². The summed E-state index contributed by atoms with van der Waals surface area (Å²) >= 11 is 0. The van der Waals surface area contributed by atoms with E-state index in [1.807, 2.05) is 23.1 Å². The number of halogens is 2. The lowest BCUT2D eigenvalue weighted by Gasteiger charge is -2.26. The van der Waals surface area contributed by atoms with Crippen LogP contribution < -0.4 is 10.2 Å². The minimum Gasteiger partial charge on any atom is -0.341 e. The molecule has 1 aromatic heterocycles. The molecule has 0 saturated carbocycles. The second kappa shape index (κ2) is 7.19. The monoisotopic (exact) mass is 423 g/mol. The molecule has 2 amide bonds. The molecule has 5 rings (SSSR count). The fourth-order valence-corrected chi connectivity index (χ4v) is 4.07. The van der Waals surface area contributed by atoms with Crippen LogP contribution in [0.2, 0.25) is 0 Å². The lowest BCUT2D eigenvalue weighted by molar-refractivity contribution is 0.0780. The molecule has 0 saturated heterocycles. The number of amides is 2. The summed E-state index contributed by atoms with van der Waals surface area (Å²) in [4.78, 5) is 28.4. The van der Waals surface area contributed by atoms with Crippen molar-refractivity contribution in [3.05, 3.63) is 70.8 Å². The van der Waals surface area contributed by atoms with Gasteiger partial charge in [-0.2, -0.15) is 5.10 Å². The first-order valence-electron chi connectivity index (χ1n) is 9.91. The van der Waals surface area contributed by atoms with E-state index in [0.29, 0.717) is 25.2 Å². The van der Waals surface area contributed by atoms with Crippen molar-refractivity contribution in [3.63, 3.8) is 0 Å². The lowest BCUT2D eigenvalue weighted by Crippen LogP contribution is -2.34. The van der Waals surface area contributed by atoms with Gasteiger partial charge < -0.3 is 15.1 Å². The van der Waals surface area contributed by atoms with Crippen LogP contribution in [0.1, 0.15) is 26.3 Å². The van der Waals surface area contributed by atoms with Crippen LogP contribution in [0.15, 0.2) is 42.5 Å². The molecule has 3 aromatic rings. The third kappa shape index (κ3) is 3.22. The molecule has 158 valence electrons. The van der Waals surface area contributed by atoms with Crippen LogP contribution in [-0.2, 0) is 13.0 Å². The molecule has 2 aliphatic heterocycles. The maximum atomic E-state index is 13.9. The zero-order valence-electron chi connectivity index (χ0n) is 16.7. The Bertz CT molecular complexity index is 1200. The quantitative estimate of drug-likeness (QED) is 0.703. The maximum Gasteiger partial charge on any atom is 0.262 e. The van der Waals surface area contributed by atoms with E-state index >= 15 is 0 Å². The first-order chi connectivity index (χ1) is 14.9. The van der Waals surface area contributed by atoms with Gasteiger partial charge in [-0.1, -0.05) is 6.07 Å². The molecule has 0 spiro atoms. The van der Waals surface area contributed by atoms with Gasteiger partial charge in [0.05, 0.1) is 6.54 Å². The van der Waals surface area contributed by atoms with Crippen LogP contribution in [0, 0.1) is 11.6 Å². The van der Waals surface area contributed by atoms with Gasteiger partial charge in [0.15, 0.2) is 5.82 Å². The highest BCUT2D eigenvalue weighted by Gasteiger charge is 2.27. The topological polar surface area (TPSA) is 70.5 Å². The Morgan fingerprint density at radius 1 is 1.06 bits per heavy atom. The average molecular weight is 423 g/mol. The molecule has 2 aliphatic rings. The number of carbonyl (C=O) groups is 2. The molecular weight excluding hydrogens is 404 g/mol. The van der Waals surface area contributed by atoms with E-state index < -0.39 is 23.1 Å². The van der Waals surface area contributed by atoms with Gasteiger partial charge >= 0.3 is 0 Å². The number of hydrogen-bond donors (Lipinski definition) is 1. The van der Waals surface area contributed by atoms with Gasteiger partial charge in [-0.15, -0.1) is 0 Å². The summed E-state index contributed by atoms with van der Waals surface area (Å²) in [6.45, 7) is 1.96. The van der Waals surface area contributed by atoms with E-state index in [0.717, 1.165) is 35.6 Å². The van der Waals surface area contributed by atoms with E-state index in [2.05, 4.69) is 10.4 Å². The Labute approximate surface area is 176 Å². The van der Waals surface area contributed by atoms with Crippen LogP contribution in [-0.4, -0.2) is 46.6 Å². The van der Waals surface area contributed by atoms with Gasteiger partial charge in [0.1, 0.15) is 23.0 Å². The molecule has 0 radical (unpaired) electrons. The van der Waals surface area contributed by atoms with Crippen LogP contribution in [0.4, 0.5) is 26.1 Å². The highest BCUT2D eigenvalue weighted by molar-refractivity contribution is 6.04. The van der Waals surface area contributed by atoms with Crippen LogP contribution in [0.5, 0.6) is 0 Å². The second-order valence-corrected chi connectivity index (χ2v) is 7.63. The summed E-state index contributed by atoms with van der Waals surface area (Å²) in [5.41, 5.74) is 2.00. The SMILES string of the molecule is CN1CCc2cc(N3CCn4nc(NC(=O)c5c(F)cccc5F)cc43)ccc2C1=O. The van der Waals surface area contributed by atoms with E-state index in [4.69, 9.17) is 0 Å². The number of nitrogens with zero attached hydrogens (tertiary/aromatic N) is 4. The summed E-state index contributed by atoms with van der Waals surface area (Å²) < 4.78 is 29.5. The standard InChI is InChI=1S/C22H19F2N5O2/c1-27-8-7-13-11-14(5-6-15(13)22(27)31)28-9-10-29-19(28)12-18(26-29)25-21(30)20-16(23)3-2-4-17(20)24/h2-6,11-12H,7-10H2,1H3,(H,25,26,30). The minimum absolute atomic E-state index is 0.0182. The molecule has 9 heteroatoms. The van der Waals surface area contributed by atoms with E-state index in [9.17, 15) is 18.4 Å². The number of nitrogens with one attached hydrogen (secondary N) is 1. The molecule has 0 fully saturated rings. The molecule has 3 heterocycles. The second-order valence-electron chi connectivity index (χ2n) is 7.63.